The summed E-state index contributed by atoms with van der Waals surface area (Å²) in [6.07, 6.45) is 2.16. The van der Waals surface area contributed by atoms with Gasteiger partial charge >= 0.3 is 6.09 Å². The van der Waals surface area contributed by atoms with Gasteiger partial charge in [0, 0.05) is 38.9 Å². The molecule has 7 heteroatoms. The number of rotatable bonds is 14. The lowest BCUT2D eigenvalue weighted by Crippen LogP contribution is -2.53. The molecule has 0 saturated carbocycles. The fourth-order valence-electron chi connectivity index (χ4n) is 5.02. The number of benzene rings is 3. The van der Waals surface area contributed by atoms with Gasteiger partial charge in [-0.1, -0.05) is 97.1 Å². The summed E-state index contributed by atoms with van der Waals surface area (Å²) in [6, 6.07) is 28.6. The standard InChI is InChI=1S/C34H38N2O5/c1-2-21-36-31(32(18-19-33(36)38)40-25-28-14-8-4-9-15-28)23-30(37)20-22-35(24-27-12-6-3-7-13-27)34(39)41-26-29-16-10-5-11-17-29/h2-17,31-32H,1,18-26H2/t31-,32+/m0/s1. The minimum absolute atomic E-state index is 0.00236. The predicted octanol–water partition coefficient (Wildman–Crippen LogP) is 5.94. The Morgan fingerprint density at radius 2 is 1.46 bits per heavy atom. The Bertz CT molecular complexity index is 1270. The van der Waals surface area contributed by atoms with E-state index in [0.717, 1.165) is 16.7 Å². The van der Waals surface area contributed by atoms with E-state index in [2.05, 4.69) is 6.58 Å². The summed E-state index contributed by atoms with van der Waals surface area (Å²) < 4.78 is 11.8. The highest BCUT2D eigenvalue weighted by atomic mass is 16.6. The molecular formula is C34H38N2O5. The number of nitrogens with zero attached hydrogens (tertiary/aromatic N) is 2. The smallest absolute Gasteiger partial charge is 0.410 e. The van der Waals surface area contributed by atoms with Gasteiger partial charge < -0.3 is 19.3 Å². The van der Waals surface area contributed by atoms with Crippen molar-refractivity contribution in [1.29, 1.82) is 0 Å². The van der Waals surface area contributed by atoms with Crippen LogP contribution in [-0.2, 0) is 38.8 Å². The molecule has 0 radical (unpaired) electrons. The Kier molecular flexibility index (Phi) is 11.3. The SMILES string of the molecule is C=CCN1C(=O)CC[C@@H](OCc2ccccc2)[C@@H]1CC(=O)CCN(Cc1ccccc1)C(=O)OCc1ccccc1. The van der Waals surface area contributed by atoms with E-state index in [-0.39, 0.29) is 43.8 Å². The van der Waals surface area contributed by atoms with Gasteiger partial charge in [0.2, 0.25) is 5.91 Å². The molecule has 0 aromatic heterocycles. The van der Waals surface area contributed by atoms with Crippen LogP contribution in [0.4, 0.5) is 4.79 Å². The van der Waals surface area contributed by atoms with Crippen molar-refractivity contribution < 1.29 is 23.9 Å². The Balaban J connectivity index is 1.40. The van der Waals surface area contributed by atoms with E-state index in [9.17, 15) is 14.4 Å². The van der Waals surface area contributed by atoms with Crippen LogP contribution in [0.1, 0.15) is 42.4 Å². The molecule has 1 aliphatic heterocycles. The quantitative estimate of drug-likeness (QED) is 0.231. The van der Waals surface area contributed by atoms with E-state index in [1.165, 1.54) is 0 Å². The molecule has 4 rings (SSSR count). The van der Waals surface area contributed by atoms with Gasteiger partial charge in [0.05, 0.1) is 18.8 Å². The highest BCUT2D eigenvalue weighted by molar-refractivity contribution is 5.82. The van der Waals surface area contributed by atoms with E-state index < -0.39 is 12.1 Å². The van der Waals surface area contributed by atoms with Crippen LogP contribution in [0.3, 0.4) is 0 Å². The second kappa shape index (κ2) is 15.5. The zero-order valence-corrected chi connectivity index (χ0v) is 23.4. The van der Waals surface area contributed by atoms with Crippen LogP contribution in [0.5, 0.6) is 0 Å². The number of likely N-dealkylation sites (tertiary alicyclic amines) is 1. The third-order valence-electron chi connectivity index (χ3n) is 7.20. The van der Waals surface area contributed by atoms with Crippen molar-refractivity contribution in [3.8, 4) is 0 Å². The molecule has 0 aliphatic carbocycles. The molecule has 1 saturated heterocycles. The molecule has 3 aromatic rings. The number of ketones is 1. The van der Waals surface area contributed by atoms with E-state index in [4.69, 9.17) is 9.47 Å². The molecule has 41 heavy (non-hydrogen) atoms. The lowest BCUT2D eigenvalue weighted by molar-refractivity contribution is -0.146. The summed E-state index contributed by atoms with van der Waals surface area (Å²) in [5.41, 5.74) is 2.87. The van der Waals surface area contributed by atoms with Gasteiger partial charge in [0.25, 0.3) is 0 Å². The molecule has 0 N–H and O–H groups in total. The van der Waals surface area contributed by atoms with Crippen LogP contribution in [0.2, 0.25) is 0 Å². The maximum Gasteiger partial charge on any atom is 0.410 e. The molecule has 1 aliphatic rings. The first kappa shape index (κ1) is 29.7. The highest BCUT2D eigenvalue weighted by Crippen LogP contribution is 2.26. The Morgan fingerprint density at radius 3 is 2.07 bits per heavy atom. The minimum Gasteiger partial charge on any atom is -0.445 e. The van der Waals surface area contributed by atoms with E-state index in [1.807, 2.05) is 91.0 Å². The summed E-state index contributed by atoms with van der Waals surface area (Å²) in [6.45, 7) is 5.25. The highest BCUT2D eigenvalue weighted by Gasteiger charge is 2.37. The number of piperidine rings is 1. The fraction of sp³-hybridized carbons (Fsp3) is 0.324. The van der Waals surface area contributed by atoms with Gasteiger partial charge in [-0.3, -0.25) is 9.59 Å². The van der Waals surface area contributed by atoms with Gasteiger partial charge in [-0.05, 0) is 23.1 Å². The number of carbonyl (C=O) groups excluding carboxylic acids is 3. The third-order valence-corrected chi connectivity index (χ3v) is 7.20. The molecular weight excluding hydrogens is 516 g/mol. The molecule has 1 heterocycles. The fourth-order valence-corrected chi connectivity index (χ4v) is 5.02. The number of amides is 2. The first-order chi connectivity index (χ1) is 20.0. The van der Waals surface area contributed by atoms with Gasteiger partial charge in [0.1, 0.15) is 12.4 Å². The van der Waals surface area contributed by atoms with Crippen LogP contribution < -0.4 is 0 Å². The van der Waals surface area contributed by atoms with Crippen LogP contribution in [-0.4, -0.2) is 52.8 Å². The average molecular weight is 555 g/mol. The topological polar surface area (TPSA) is 76.2 Å². The first-order valence-corrected chi connectivity index (χ1v) is 14.1. The molecule has 214 valence electrons. The third kappa shape index (κ3) is 9.15. The summed E-state index contributed by atoms with van der Waals surface area (Å²) in [5.74, 6) is -0.0431. The van der Waals surface area contributed by atoms with E-state index in [0.29, 0.717) is 32.5 Å². The van der Waals surface area contributed by atoms with Crippen LogP contribution in [0.25, 0.3) is 0 Å². The van der Waals surface area contributed by atoms with E-state index >= 15 is 0 Å². The van der Waals surface area contributed by atoms with Crippen LogP contribution in [0.15, 0.2) is 104 Å². The van der Waals surface area contributed by atoms with Crippen LogP contribution >= 0.6 is 0 Å². The van der Waals surface area contributed by atoms with Crippen molar-refractivity contribution in [2.24, 2.45) is 0 Å². The number of carbonyl (C=O) groups is 3. The summed E-state index contributed by atoms with van der Waals surface area (Å²) in [7, 11) is 0. The molecule has 1 fully saturated rings. The molecule has 3 aromatic carbocycles. The Morgan fingerprint density at radius 1 is 0.878 bits per heavy atom. The molecule has 0 spiro atoms. The number of Topliss-reactive ketones (excluding diaryl/α,β-unsaturated/α-hetero) is 1. The van der Waals surface area contributed by atoms with E-state index in [1.54, 1.807) is 15.9 Å². The molecule has 7 nitrogen and oxygen atoms in total. The Hall–Kier alpha value is -4.23. The largest absolute Gasteiger partial charge is 0.445 e. The Labute approximate surface area is 242 Å². The van der Waals surface area contributed by atoms with Gasteiger partial charge in [-0.25, -0.2) is 4.79 Å². The van der Waals surface area contributed by atoms with Gasteiger partial charge in [-0.15, -0.1) is 6.58 Å². The maximum atomic E-state index is 13.3. The zero-order valence-electron chi connectivity index (χ0n) is 23.4. The van der Waals surface area contributed by atoms with Crippen molar-refractivity contribution in [1.82, 2.24) is 9.80 Å². The number of ether oxygens (including phenoxy) is 2. The summed E-state index contributed by atoms with van der Waals surface area (Å²) >= 11 is 0. The predicted molar refractivity (Wildman–Crippen MR) is 158 cm³/mol. The lowest BCUT2D eigenvalue weighted by Gasteiger charge is -2.40. The number of hydrogen-bond acceptors (Lipinski definition) is 5. The normalized spacial score (nSPS) is 16.7. The average Bonchev–Trinajstić information content (AvgIpc) is 3.01. The number of hydrogen-bond donors (Lipinski definition) is 0. The molecule has 2 amide bonds. The van der Waals surface area contributed by atoms with Crippen molar-refractivity contribution in [3.05, 3.63) is 120 Å². The van der Waals surface area contributed by atoms with Gasteiger partial charge in [0.15, 0.2) is 0 Å². The van der Waals surface area contributed by atoms with Gasteiger partial charge in [-0.2, -0.15) is 0 Å². The minimum atomic E-state index is -0.476. The lowest BCUT2D eigenvalue weighted by atomic mass is 9.92. The second-order valence-corrected chi connectivity index (χ2v) is 10.2. The first-order valence-electron chi connectivity index (χ1n) is 14.1. The summed E-state index contributed by atoms with van der Waals surface area (Å²) in [4.78, 5) is 42.5. The van der Waals surface area contributed by atoms with Crippen molar-refractivity contribution >= 4 is 17.8 Å². The molecule has 0 unspecified atom stereocenters. The second-order valence-electron chi connectivity index (χ2n) is 10.2. The van der Waals surface area contributed by atoms with Crippen LogP contribution in [0, 0.1) is 0 Å². The molecule has 0 bridgehead atoms. The molecule has 2 atom stereocenters. The monoisotopic (exact) mass is 554 g/mol. The zero-order chi connectivity index (χ0) is 28.9. The van der Waals surface area contributed by atoms with Crippen molar-refractivity contribution in [2.75, 3.05) is 13.1 Å². The maximum absolute atomic E-state index is 13.3. The van der Waals surface area contributed by atoms with Crippen molar-refractivity contribution in [2.45, 2.75) is 57.6 Å². The summed E-state index contributed by atoms with van der Waals surface area (Å²) in [5, 5.41) is 0. The van der Waals surface area contributed by atoms with Crippen molar-refractivity contribution in [3.63, 3.8) is 0 Å².